The highest BCUT2D eigenvalue weighted by Gasteiger charge is 2.10. The number of hydrogen-bond donors (Lipinski definition) is 0. The number of hydrogen-bond acceptors (Lipinski definition) is 1. The first kappa shape index (κ1) is 11.9. The molecular weight excluding hydrogens is 208 g/mol. The fraction of sp³-hybridized carbons (Fsp3) is 0.400. The summed E-state index contributed by atoms with van der Waals surface area (Å²) >= 11 is 0. The van der Waals surface area contributed by atoms with E-state index in [0.29, 0.717) is 6.04 Å². The van der Waals surface area contributed by atoms with Gasteiger partial charge in [-0.25, -0.2) is 0 Å². The molecule has 17 heavy (non-hydrogen) atoms. The van der Waals surface area contributed by atoms with Gasteiger partial charge >= 0.3 is 0 Å². The predicted octanol–water partition coefficient (Wildman–Crippen LogP) is 4.06. The number of aryl methyl sites for hydroxylation is 2. The molecule has 0 N–H and O–H groups in total. The molecular formula is C15H20N2. The van der Waals surface area contributed by atoms with Crippen LogP contribution in [0.15, 0.2) is 24.5 Å². The summed E-state index contributed by atoms with van der Waals surface area (Å²) in [4.78, 5) is 0. The lowest BCUT2D eigenvalue weighted by Gasteiger charge is -2.10. The molecule has 0 saturated carbocycles. The van der Waals surface area contributed by atoms with Gasteiger partial charge in [0.2, 0.25) is 0 Å². The van der Waals surface area contributed by atoms with Gasteiger partial charge < -0.3 is 0 Å². The summed E-state index contributed by atoms with van der Waals surface area (Å²) in [7, 11) is 0. The summed E-state index contributed by atoms with van der Waals surface area (Å²) in [6.07, 6.45) is 4.11. The molecule has 0 spiro atoms. The van der Waals surface area contributed by atoms with Gasteiger partial charge in [-0.05, 0) is 56.9 Å². The van der Waals surface area contributed by atoms with Crippen molar-refractivity contribution >= 4 is 0 Å². The van der Waals surface area contributed by atoms with Crippen molar-refractivity contribution < 1.29 is 0 Å². The van der Waals surface area contributed by atoms with Crippen LogP contribution in [-0.2, 0) is 0 Å². The first-order valence-corrected chi connectivity index (χ1v) is 6.12. The Morgan fingerprint density at radius 1 is 1.06 bits per heavy atom. The average molecular weight is 228 g/mol. The number of aromatic nitrogens is 2. The van der Waals surface area contributed by atoms with Gasteiger partial charge in [-0.1, -0.05) is 12.1 Å². The zero-order valence-electron chi connectivity index (χ0n) is 11.3. The van der Waals surface area contributed by atoms with Crippen molar-refractivity contribution in [2.75, 3.05) is 0 Å². The smallest absolute Gasteiger partial charge is 0.0568 e. The van der Waals surface area contributed by atoms with Crippen LogP contribution in [0.25, 0.3) is 11.1 Å². The Morgan fingerprint density at radius 2 is 1.71 bits per heavy atom. The zero-order valence-corrected chi connectivity index (χ0v) is 11.3. The van der Waals surface area contributed by atoms with Crippen molar-refractivity contribution in [1.82, 2.24) is 9.78 Å². The van der Waals surface area contributed by atoms with Crippen LogP contribution >= 0.6 is 0 Å². The fourth-order valence-corrected chi connectivity index (χ4v) is 2.14. The van der Waals surface area contributed by atoms with E-state index in [1.54, 1.807) is 0 Å². The maximum Gasteiger partial charge on any atom is 0.0568 e. The fourth-order valence-electron chi connectivity index (χ4n) is 2.14. The quantitative estimate of drug-likeness (QED) is 0.758. The van der Waals surface area contributed by atoms with Gasteiger partial charge in [0.15, 0.2) is 0 Å². The number of rotatable bonds is 2. The normalized spacial score (nSPS) is 11.2. The van der Waals surface area contributed by atoms with Crippen molar-refractivity contribution in [2.24, 2.45) is 0 Å². The molecule has 0 aliphatic heterocycles. The van der Waals surface area contributed by atoms with Gasteiger partial charge in [0.1, 0.15) is 0 Å². The maximum atomic E-state index is 4.42. The van der Waals surface area contributed by atoms with Crippen LogP contribution in [0.2, 0.25) is 0 Å². The van der Waals surface area contributed by atoms with Crippen molar-refractivity contribution in [3.05, 3.63) is 41.2 Å². The summed E-state index contributed by atoms with van der Waals surface area (Å²) in [5.41, 5.74) is 6.56. The Balaban J connectivity index is 2.56. The van der Waals surface area contributed by atoms with Crippen LogP contribution in [-0.4, -0.2) is 9.78 Å². The van der Waals surface area contributed by atoms with Crippen LogP contribution in [0.4, 0.5) is 0 Å². The van der Waals surface area contributed by atoms with E-state index >= 15 is 0 Å². The van der Waals surface area contributed by atoms with Gasteiger partial charge in [0.05, 0.1) is 6.20 Å². The van der Waals surface area contributed by atoms with Gasteiger partial charge in [0, 0.05) is 17.8 Å². The molecule has 0 fully saturated rings. The third kappa shape index (κ3) is 2.12. The van der Waals surface area contributed by atoms with Crippen LogP contribution in [0.3, 0.4) is 0 Å². The highest BCUT2D eigenvalue weighted by Crippen LogP contribution is 2.29. The number of benzene rings is 1. The molecule has 0 amide bonds. The Kier molecular flexibility index (Phi) is 3.05. The molecule has 0 aliphatic rings. The largest absolute Gasteiger partial charge is 0.270 e. The molecule has 90 valence electrons. The summed E-state index contributed by atoms with van der Waals surface area (Å²) < 4.78 is 2.01. The molecule has 2 nitrogen and oxygen atoms in total. The minimum Gasteiger partial charge on any atom is -0.270 e. The molecule has 0 bridgehead atoms. The molecule has 0 aliphatic carbocycles. The Hall–Kier alpha value is -1.57. The van der Waals surface area contributed by atoms with Gasteiger partial charge in [-0.15, -0.1) is 0 Å². The Bertz CT molecular complexity index is 536. The summed E-state index contributed by atoms with van der Waals surface area (Å²) in [5.74, 6) is 0. The Morgan fingerprint density at radius 3 is 2.29 bits per heavy atom. The van der Waals surface area contributed by atoms with E-state index in [1.807, 2.05) is 10.9 Å². The van der Waals surface area contributed by atoms with Crippen LogP contribution < -0.4 is 0 Å². The molecule has 0 atom stereocenters. The van der Waals surface area contributed by atoms with Gasteiger partial charge in [-0.3, -0.25) is 4.68 Å². The molecule has 2 rings (SSSR count). The van der Waals surface area contributed by atoms with E-state index in [0.717, 1.165) is 0 Å². The lowest BCUT2D eigenvalue weighted by molar-refractivity contribution is 0.532. The molecule has 1 heterocycles. The first-order valence-electron chi connectivity index (χ1n) is 6.12. The van der Waals surface area contributed by atoms with Gasteiger partial charge in [0.25, 0.3) is 0 Å². The van der Waals surface area contributed by atoms with Gasteiger partial charge in [-0.2, -0.15) is 5.10 Å². The lowest BCUT2D eigenvalue weighted by Crippen LogP contribution is -1.99. The van der Waals surface area contributed by atoms with Crippen molar-refractivity contribution in [2.45, 2.75) is 40.7 Å². The maximum absolute atomic E-state index is 4.42. The minimum absolute atomic E-state index is 0.411. The van der Waals surface area contributed by atoms with Crippen LogP contribution in [0.5, 0.6) is 0 Å². The Labute approximate surface area is 103 Å². The molecule has 0 unspecified atom stereocenters. The third-order valence-electron chi connectivity index (χ3n) is 3.36. The monoisotopic (exact) mass is 228 g/mol. The van der Waals surface area contributed by atoms with E-state index in [9.17, 15) is 0 Å². The first-order chi connectivity index (χ1) is 8.00. The molecule has 1 aromatic heterocycles. The summed E-state index contributed by atoms with van der Waals surface area (Å²) in [6, 6.07) is 4.78. The SMILES string of the molecule is Cc1ccc(C)c(-c2cnn(C(C)C)c2)c1C. The van der Waals surface area contributed by atoms with E-state index in [1.165, 1.54) is 27.8 Å². The average Bonchev–Trinajstić information content (AvgIpc) is 2.73. The summed E-state index contributed by atoms with van der Waals surface area (Å²) in [5, 5.41) is 4.42. The molecule has 0 radical (unpaired) electrons. The summed E-state index contributed by atoms with van der Waals surface area (Å²) in [6.45, 7) is 10.8. The second-order valence-corrected chi connectivity index (χ2v) is 5.00. The van der Waals surface area contributed by atoms with Crippen molar-refractivity contribution in [3.8, 4) is 11.1 Å². The molecule has 2 heteroatoms. The molecule has 1 aromatic carbocycles. The topological polar surface area (TPSA) is 17.8 Å². The number of nitrogens with zero attached hydrogens (tertiary/aromatic N) is 2. The molecule has 0 saturated heterocycles. The second-order valence-electron chi connectivity index (χ2n) is 5.00. The van der Waals surface area contributed by atoms with E-state index in [2.05, 4.69) is 58.0 Å². The van der Waals surface area contributed by atoms with E-state index < -0.39 is 0 Å². The molecule has 2 aromatic rings. The standard InChI is InChI=1S/C15H20N2/c1-10(2)17-9-14(8-16-17)15-12(4)7-6-11(3)13(15)5/h6-10H,1-5H3. The zero-order chi connectivity index (χ0) is 12.6. The van der Waals surface area contributed by atoms with Crippen molar-refractivity contribution in [3.63, 3.8) is 0 Å². The van der Waals surface area contributed by atoms with E-state index in [4.69, 9.17) is 0 Å². The van der Waals surface area contributed by atoms with Crippen LogP contribution in [0.1, 0.15) is 36.6 Å². The third-order valence-corrected chi connectivity index (χ3v) is 3.36. The van der Waals surface area contributed by atoms with Crippen molar-refractivity contribution in [1.29, 1.82) is 0 Å². The highest BCUT2D eigenvalue weighted by atomic mass is 15.3. The van der Waals surface area contributed by atoms with Crippen LogP contribution in [0, 0.1) is 20.8 Å². The minimum atomic E-state index is 0.411. The second kappa shape index (κ2) is 4.36. The lowest BCUT2D eigenvalue weighted by atomic mass is 9.95. The highest BCUT2D eigenvalue weighted by molar-refractivity contribution is 5.70. The van der Waals surface area contributed by atoms with E-state index in [-0.39, 0.29) is 0 Å². The predicted molar refractivity (Wildman–Crippen MR) is 72.3 cm³/mol.